The number of aromatic amines is 1. The maximum atomic E-state index is 12.4. The van der Waals surface area contributed by atoms with E-state index in [0.717, 1.165) is 40.8 Å². The van der Waals surface area contributed by atoms with E-state index in [9.17, 15) is 4.79 Å². The molecule has 2 heterocycles. The first-order valence-electron chi connectivity index (χ1n) is 9.81. The van der Waals surface area contributed by atoms with Gasteiger partial charge in [0.15, 0.2) is 0 Å². The third-order valence-corrected chi connectivity index (χ3v) is 6.48. The van der Waals surface area contributed by atoms with Crippen molar-refractivity contribution in [2.75, 3.05) is 27.2 Å². The molecule has 4 nitrogen and oxygen atoms in total. The molecule has 0 amide bonds. The van der Waals surface area contributed by atoms with Crippen LogP contribution in [0.5, 0.6) is 0 Å². The van der Waals surface area contributed by atoms with E-state index in [2.05, 4.69) is 69.1 Å². The molecule has 2 aromatic carbocycles. The zero-order valence-corrected chi connectivity index (χ0v) is 18.0. The van der Waals surface area contributed by atoms with Crippen molar-refractivity contribution in [3.8, 4) is 11.3 Å². The van der Waals surface area contributed by atoms with E-state index in [1.54, 1.807) is 0 Å². The summed E-state index contributed by atoms with van der Waals surface area (Å²) < 4.78 is 0.940. The van der Waals surface area contributed by atoms with Gasteiger partial charge in [0.1, 0.15) is 0 Å². The smallest absolute Gasteiger partial charge is 0.256 e. The zero-order valence-electron chi connectivity index (χ0n) is 16.4. The minimum Gasteiger partial charge on any atom is -0.321 e. The number of rotatable bonds is 4. The van der Waals surface area contributed by atoms with Crippen LogP contribution in [0.25, 0.3) is 22.0 Å². The molecular weight excluding hydrogens is 414 g/mol. The van der Waals surface area contributed by atoms with E-state index in [1.165, 1.54) is 18.4 Å². The SMILES string of the molecule is CN(C)C1CCN(Cc2ccc(-c3cc4c(Br)cccc4c(=O)[nH]3)cc2)CC1. The van der Waals surface area contributed by atoms with Gasteiger partial charge >= 0.3 is 0 Å². The standard InChI is InChI=1S/C23H26BrN3O/c1-26(2)18-10-12-27(13-11-18)15-16-6-8-17(9-7-16)22-14-20-19(23(28)25-22)4-3-5-21(20)24/h3-9,14,18H,10-13,15H2,1-2H3,(H,25,28). The molecule has 1 N–H and O–H groups in total. The number of fused-ring (bicyclic) bond motifs is 1. The Morgan fingerprint density at radius 2 is 1.79 bits per heavy atom. The number of hydrogen-bond acceptors (Lipinski definition) is 3. The molecule has 1 aromatic heterocycles. The topological polar surface area (TPSA) is 39.3 Å². The van der Waals surface area contributed by atoms with Crippen LogP contribution >= 0.6 is 15.9 Å². The second kappa shape index (κ2) is 8.19. The van der Waals surface area contributed by atoms with E-state index in [1.807, 2.05) is 24.3 Å². The number of pyridine rings is 1. The lowest BCUT2D eigenvalue weighted by atomic mass is 10.0. The van der Waals surface area contributed by atoms with E-state index in [0.29, 0.717) is 11.4 Å². The third-order valence-electron chi connectivity index (χ3n) is 5.79. The van der Waals surface area contributed by atoms with Crippen LogP contribution in [0.1, 0.15) is 18.4 Å². The summed E-state index contributed by atoms with van der Waals surface area (Å²) in [5, 5.41) is 1.64. The first kappa shape index (κ1) is 19.4. The molecule has 146 valence electrons. The molecule has 1 aliphatic heterocycles. The largest absolute Gasteiger partial charge is 0.321 e. The van der Waals surface area contributed by atoms with Gasteiger partial charge in [-0.2, -0.15) is 0 Å². The fourth-order valence-electron chi connectivity index (χ4n) is 4.05. The number of hydrogen-bond donors (Lipinski definition) is 1. The highest BCUT2D eigenvalue weighted by Gasteiger charge is 2.20. The molecule has 5 heteroatoms. The van der Waals surface area contributed by atoms with Gasteiger partial charge in [0.05, 0.1) is 0 Å². The Balaban J connectivity index is 1.50. The van der Waals surface area contributed by atoms with Crippen LogP contribution in [0.15, 0.2) is 57.8 Å². The van der Waals surface area contributed by atoms with Crippen molar-refractivity contribution in [2.45, 2.75) is 25.4 Å². The van der Waals surface area contributed by atoms with E-state index >= 15 is 0 Å². The molecule has 0 saturated carbocycles. The second-order valence-corrected chi connectivity index (χ2v) is 8.74. The molecule has 1 saturated heterocycles. The van der Waals surface area contributed by atoms with Crippen LogP contribution < -0.4 is 5.56 Å². The molecule has 1 fully saturated rings. The quantitative estimate of drug-likeness (QED) is 0.650. The highest BCUT2D eigenvalue weighted by atomic mass is 79.9. The molecule has 4 rings (SSSR count). The van der Waals surface area contributed by atoms with Crippen LogP contribution in [0, 0.1) is 0 Å². The van der Waals surface area contributed by atoms with Crippen molar-refractivity contribution >= 4 is 26.7 Å². The number of aromatic nitrogens is 1. The minimum atomic E-state index is -0.0540. The van der Waals surface area contributed by atoms with Crippen molar-refractivity contribution < 1.29 is 0 Å². The molecular formula is C23H26BrN3O. The van der Waals surface area contributed by atoms with Crippen LogP contribution in [0.4, 0.5) is 0 Å². The summed E-state index contributed by atoms with van der Waals surface area (Å²) in [5.74, 6) is 0. The number of likely N-dealkylation sites (tertiary alicyclic amines) is 1. The Bertz CT molecular complexity index is 1020. The van der Waals surface area contributed by atoms with Crippen LogP contribution in [0.2, 0.25) is 0 Å². The van der Waals surface area contributed by atoms with Crippen molar-refractivity contribution in [3.63, 3.8) is 0 Å². The first-order valence-corrected chi connectivity index (χ1v) is 10.6. The average molecular weight is 440 g/mol. The second-order valence-electron chi connectivity index (χ2n) is 7.88. The van der Waals surface area contributed by atoms with E-state index < -0.39 is 0 Å². The first-order chi connectivity index (χ1) is 13.5. The van der Waals surface area contributed by atoms with Crippen LogP contribution in [-0.4, -0.2) is 48.0 Å². The molecule has 0 atom stereocenters. The summed E-state index contributed by atoms with van der Waals surface area (Å²) in [4.78, 5) is 20.3. The van der Waals surface area contributed by atoms with Gasteiger partial charge in [-0.25, -0.2) is 0 Å². The Morgan fingerprint density at radius 3 is 2.46 bits per heavy atom. The zero-order chi connectivity index (χ0) is 19.7. The molecule has 0 bridgehead atoms. The van der Waals surface area contributed by atoms with Crippen LogP contribution in [-0.2, 0) is 6.54 Å². The minimum absolute atomic E-state index is 0.0540. The van der Waals surface area contributed by atoms with Crippen molar-refractivity contribution in [2.24, 2.45) is 0 Å². The van der Waals surface area contributed by atoms with Crippen molar-refractivity contribution in [1.29, 1.82) is 0 Å². The lowest BCUT2D eigenvalue weighted by Crippen LogP contribution is -2.41. The van der Waals surface area contributed by atoms with Crippen molar-refractivity contribution in [3.05, 3.63) is 68.9 Å². The summed E-state index contributed by atoms with van der Waals surface area (Å²) in [6.07, 6.45) is 2.47. The fraction of sp³-hybridized carbons (Fsp3) is 0.348. The Kier molecular flexibility index (Phi) is 5.67. The van der Waals surface area contributed by atoms with Gasteiger partial charge in [0, 0.05) is 33.5 Å². The summed E-state index contributed by atoms with van der Waals surface area (Å²) in [6.45, 7) is 3.29. The molecule has 3 aromatic rings. The van der Waals surface area contributed by atoms with E-state index in [-0.39, 0.29) is 5.56 Å². The summed E-state index contributed by atoms with van der Waals surface area (Å²) in [6, 6.07) is 17.0. The summed E-state index contributed by atoms with van der Waals surface area (Å²) in [5.41, 5.74) is 3.14. The molecule has 0 radical (unpaired) electrons. The predicted molar refractivity (Wildman–Crippen MR) is 120 cm³/mol. The summed E-state index contributed by atoms with van der Waals surface area (Å²) in [7, 11) is 4.35. The van der Waals surface area contributed by atoms with Gasteiger partial charge in [-0.3, -0.25) is 9.69 Å². The van der Waals surface area contributed by atoms with Gasteiger partial charge in [0.25, 0.3) is 5.56 Å². The lowest BCUT2D eigenvalue weighted by Gasteiger charge is -2.35. The molecule has 0 unspecified atom stereocenters. The number of nitrogens with zero attached hydrogens (tertiary/aromatic N) is 2. The number of benzene rings is 2. The Hall–Kier alpha value is -1.95. The third kappa shape index (κ3) is 4.07. The van der Waals surface area contributed by atoms with Gasteiger partial charge in [-0.1, -0.05) is 46.3 Å². The summed E-state index contributed by atoms with van der Waals surface area (Å²) >= 11 is 3.56. The molecule has 1 aliphatic rings. The number of halogens is 1. The normalized spacial score (nSPS) is 16.1. The number of H-pyrrole nitrogens is 1. The lowest BCUT2D eigenvalue weighted by molar-refractivity contribution is 0.140. The van der Waals surface area contributed by atoms with Crippen molar-refractivity contribution in [1.82, 2.24) is 14.8 Å². The van der Waals surface area contributed by atoms with Crippen LogP contribution in [0.3, 0.4) is 0 Å². The van der Waals surface area contributed by atoms with Gasteiger partial charge in [0.2, 0.25) is 0 Å². The molecule has 0 spiro atoms. The van der Waals surface area contributed by atoms with Gasteiger partial charge < -0.3 is 9.88 Å². The Morgan fingerprint density at radius 1 is 1.07 bits per heavy atom. The monoisotopic (exact) mass is 439 g/mol. The fourth-order valence-corrected chi connectivity index (χ4v) is 4.53. The van der Waals surface area contributed by atoms with E-state index in [4.69, 9.17) is 0 Å². The maximum absolute atomic E-state index is 12.4. The maximum Gasteiger partial charge on any atom is 0.256 e. The number of piperidine rings is 1. The predicted octanol–water partition coefficient (Wildman–Crippen LogP) is 4.48. The Labute approximate surface area is 174 Å². The number of nitrogens with one attached hydrogen (secondary N) is 1. The molecule has 28 heavy (non-hydrogen) atoms. The van der Waals surface area contributed by atoms with Gasteiger partial charge in [-0.15, -0.1) is 0 Å². The highest BCUT2D eigenvalue weighted by Crippen LogP contribution is 2.26. The highest BCUT2D eigenvalue weighted by molar-refractivity contribution is 9.10. The average Bonchev–Trinajstić information content (AvgIpc) is 2.70. The molecule has 0 aliphatic carbocycles. The van der Waals surface area contributed by atoms with Gasteiger partial charge in [-0.05, 0) is 69.4 Å².